The van der Waals surface area contributed by atoms with Crippen molar-refractivity contribution in [2.75, 3.05) is 27.9 Å². The van der Waals surface area contributed by atoms with Crippen molar-refractivity contribution < 1.29 is 36.4 Å². The van der Waals surface area contributed by atoms with Crippen LogP contribution in [0.1, 0.15) is 16.8 Å². The SMILES string of the molecule is COC(=O)COc1ccc(S(=O)(=O)n2c(S(=O)Cc3ncc(C)c(OC)c3C)nc3ccc(OC)cc32)cc1. The molecule has 1 unspecified atom stereocenters. The molecule has 0 radical (unpaired) electrons. The number of methoxy groups -OCH3 is 3. The molecule has 206 valence electrons. The van der Waals surface area contributed by atoms with Gasteiger partial charge in [-0.1, -0.05) is 0 Å². The standard InChI is InChI=1S/C26H27N3O8S2/c1-16-13-27-22(17(2)25(16)36-5)15-38(31)26-28-21-11-8-19(34-3)12-23(21)29(26)39(32,33)20-9-6-18(7-10-20)37-14-24(30)35-4/h6-13H,14-15H2,1-5H3. The van der Waals surface area contributed by atoms with E-state index in [9.17, 15) is 17.4 Å². The summed E-state index contributed by atoms with van der Waals surface area (Å²) < 4.78 is 63.1. The molecule has 0 fully saturated rings. The topological polar surface area (TPSA) is 136 Å². The fraction of sp³-hybridized carbons (Fsp3) is 0.269. The quantitative estimate of drug-likeness (QED) is 0.260. The Morgan fingerprint density at radius 2 is 1.69 bits per heavy atom. The lowest BCUT2D eigenvalue weighted by molar-refractivity contribution is -0.142. The Hall–Kier alpha value is -3.97. The molecule has 11 nitrogen and oxygen atoms in total. The molecular formula is C26H27N3O8S2. The van der Waals surface area contributed by atoms with Gasteiger partial charge in [0, 0.05) is 23.4 Å². The van der Waals surface area contributed by atoms with Crippen LogP contribution < -0.4 is 14.2 Å². The van der Waals surface area contributed by atoms with E-state index in [0.29, 0.717) is 28.3 Å². The number of nitrogens with zero attached hydrogens (tertiary/aromatic N) is 3. The van der Waals surface area contributed by atoms with E-state index in [1.54, 1.807) is 32.4 Å². The van der Waals surface area contributed by atoms with E-state index in [4.69, 9.17) is 14.2 Å². The van der Waals surface area contributed by atoms with Crippen molar-refractivity contribution in [1.82, 2.24) is 13.9 Å². The Morgan fingerprint density at radius 3 is 2.33 bits per heavy atom. The van der Waals surface area contributed by atoms with E-state index in [1.807, 2.05) is 6.92 Å². The fourth-order valence-corrected chi connectivity index (χ4v) is 6.97. The first kappa shape index (κ1) is 28.0. The molecule has 2 aromatic carbocycles. The number of aryl methyl sites for hydroxylation is 1. The maximum atomic E-state index is 13.9. The molecule has 0 amide bonds. The lowest BCUT2D eigenvalue weighted by Crippen LogP contribution is -2.18. The van der Waals surface area contributed by atoms with Gasteiger partial charge in [0.2, 0.25) is 5.16 Å². The smallest absolute Gasteiger partial charge is 0.343 e. The van der Waals surface area contributed by atoms with E-state index in [2.05, 4.69) is 14.7 Å². The van der Waals surface area contributed by atoms with Gasteiger partial charge in [0.05, 0.1) is 59.5 Å². The first-order valence-corrected chi connectivity index (χ1v) is 14.4. The number of esters is 1. The summed E-state index contributed by atoms with van der Waals surface area (Å²) in [6, 6.07) is 10.3. The monoisotopic (exact) mass is 573 g/mol. The third-order valence-electron chi connectivity index (χ3n) is 5.96. The molecule has 0 bridgehead atoms. The molecule has 4 aromatic rings. The van der Waals surface area contributed by atoms with E-state index in [1.165, 1.54) is 44.6 Å². The predicted octanol–water partition coefficient (Wildman–Crippen LogP) is 3.16. The number of rotatable bonds is 10. The molecule has 0 aliphatic carbocycles. The number of carbonyl (C=O) groups excluding carboxylic acids is 1. The molecule has 0 N–H and O–H groups in total. The summed E-state index contributed by atoms with van der Waals surface area (Å²) in [4.78, 5) is 20.1. The molecule has 0 spiro atoms. The van der Waals surface area contributed by atoms with Crippen LogP contribution in [0.4, 0.5) is 0 Å². The van der Waals surface area contributed by atoms with Crippen molar-refractivity contribution in [3.8, 4) is 17.2 Å². The number of ether oxygens (including phenoxy) is 4. The third-order valence-corrected chi connectivity index (χ3v) is 9.01. The first-order chi connectivity index (χ1) is 18.6. The number of benzene rings is 2. The van der Waals surface area contributed by atoms with Gasteiger partial charge in [-0.25, -0.2) is 22.2 Å². The molecule has 2 aromatic heterocycles. The number of hydrogen-bond donors (Lipinski definition) is 0. The second-order valence-electron chi connectivity index (χ2n) is 8.39. The summed E-state index contributed by atoms with van der Waals surface area (Å²) in [5.41, 5.74) is 2.56. The van der Waals surface area contributed by atoms with Gasteiger partial charge < -0.3 is 18.9 Å². The number of fused-ring (bicyclic) bond motifs is 1. The number of pyridine rings is 1. The Bertz CT molecular complexity index is 1670. The van der Waals surface area contributed by atoms with Crippen LogP contribution >= 0.6 is 0 Å². The van der Waals surface area contributed by atoms with Gasteiger partial charge in [-0.2, -0.15) is 0 Å². The molecular weight excluding hydrogens is 546 g/mol. The predicted molar refractivity (Wildman–Crippen MR) is 143 cm³/mol. The lowest BCUT2D eigenvalue weighted by atomic mass is 10.1. The first-order valence-electron chi connectivity index (χ1n) is 11.6. The van der Waals surface area contributed by atoms with Crippen molar-refractivity contribution in [1.29, 1.82) is 0 Å². The normalized spacial score (nSPS) is 12.2. The molecule has 4 rings (SSSR count). The fourth-order valence-electron chi connectivity index (χ4n) is 3.93. The Kier molecular flexibility index (Phi) is 8.21. The minimum absolute atomic E-state index is 0.0846. The summed E-state index contributed by atoms with van der Waals surface area (Å²) in [6.45, 7) is 3.33. The van der Waals surface area contributed by atoms with Gasteiger partial charge in [0.15, 0.2) is 6.61 Å². The number of hydrogen-bond acceptors (Lipinski definition) is 10. The Morgan fingerprint density at radius 1 is 1.00 bits per heavy atom. The van der Waals surface area contributed by atoms with Crippen LogP contribution in [0, 0.1) is 13.8 Å². The van der Waals surface area contributed by atoms with Gasteiger partial charge in [-0.15, -0.1) is 0 Å². The van der Waals surface area contributed by atoms with Crippen LogP contribution in [0.3, 0.4) is 0 Å². The zero-order valence-corrected chi connectivity index (χ0v) is 23.6. The molecule has 0 saturated heterocycles. The highest BCUT2D eigenvalue weighted by Crippen LogP contribution is 2.31. The zero-order chi connectivity index (χ0) is 28.3. The largest absolute Gasteiger partial charge is 0.497 e. The molecule has 0 aliphatic heterocycles. The Balaban J connectivity index is 1.79. The van der Waals surface area contributed by atoms with Crippen LogP contribution in [0.25, 0.3) is 11.0 Å². The maximum absolute atomic E-state index is 13.9. The zero-order valence-electron chi connectivity index (χ0n) is 22.0. The van der Waals surface area contributed by atoms with E-state index >= 15 is 0 Å². The number of carbonyl (C=O) groups is 1. The Labute approximate surface area is 228 Å². The van der Waals surface area contributed by atoms with Crippen LogP contribution in [-0.2, 0) is 36.1 Å². The van der Waals surface area contributed by atoms with Gasteiger partial charge in [0.1, 0.15) is 17.2 Å². The van der Waals surface area contributed by atoms with Crippen molar-refractivity contribution >= 4 is 37.8 Å². The van der Waals surface area contributed by atoms with Gasteiger partial charge >= 0.3 is 5.97 Å². The summed E-state index contributed by atoms with van der Waals surface area (Å²) in [7, 11) is -1.96. The van der Waals surface area contributed by atoms with E-state index in [0.717, 1.165) is 9.54 Å². The highest BCUT2D eigenvalue weighted by molar-refractivity contribution is 7.91. The van der Waals surface area contributed by atoms with Gasteiger partial charge in [-0.3, -0.25) is 9.19 Å². The summed E-state index contributed by atoms with van der Waals surface area (Å²) in [5.74, 6) is 0.642. The van der Waals surface area contributed by atoms with Crippen LogP contribution in [0.15, 0.2) is 58.7 Å². The van der Waals surface area contributed by atoms with Crippen LogP contribution in [0.2, 0.25) is 0 Å². The minimum atomic E-state index is -4.28. The van der Waals surface area contributed by atoms with Crippen molar-refractivity contribution in [2.45, 2.75) is 29.7 Å². The maximum Gasteiger partial charge on any atom is 0.343 e. The molecule has 0 aliphatic rings. The van der Waals surface area contributed by atoms with E-state index < -0.39 is 26.8 Å². The van der Waals surface area contributed by atoms with Crippen LogP contribution in [0.5, 0.6) is 17.2 Å². The minimum Gasteiger partial charge on any atom is -0.497 e. The van der Waals surface area contributed by atoms with Gasteiger partial charge in [0.25, 0.3) is 10.0 Å². The average molecular weight is 574 g/mol. The highest BCUT2D eigenvalue weighted by atomic mass is 32.2. The summed E-state index contributed by atoms with van der Waals surface area (Å²) in [6.07, 6.45) is 1.62. The second-order valence-corrected chi connectivity index (χ2v) is 11.5. The molecule has 0 saturated carbocycles. The van der Waals surface area contributed by atoms with E-state index in [-0.39, 0.29) is 33.7 Å². The average Bonchev–Trinajstić information content (AvgIpc) is 3.33. The summed E-state index contributed by atoms with van der Waals surface area (Å²) in [5, 5.41) is -0.162. The molecule has 13 heteroatoms. The number of aromatic nitrogens is 3. The molecule has 2 heterocycles. The van der Waals surface area contributed by atoms with Gasteiger partial charge in [-0.05, 0) is 50.2 Å². The summed E-state index contributed by atoms with van der Waals surface area (Å²) >= 11 is 0. The molecule has 1 atom stereocenters. The third kappa shape index (κ3) is 5.59. The van der Waals surface area contributed by atoms with Crippen LogP contribution in [-0.4, -0.2) is 60.5 Å². The van der Waals surface area contributed by atoms with Crippen molar-refractivity contribution in [3.63, 3.8) is 0 Å². The number of imidazole rings is 1. The molecule has 39 heavy (non-hydrogen) atoms. The lowest BCUT2D eigenvalue weighted by Gasteiger charge is -2.13. The second kappa shape index (κ2) is 11.4. The highest BCUT2D eigenvalue weighted by Gasteiger charge is 2.28. The van der Waals surface area contributed by atoms with Crippen molar-refractivity contribution in [3.05, 3.63) is 65.5 Å². The van der Waals surface area contributed by atoms with Crippen molar-refractivity contribution in [2.24, 2.45) is 0 Å².